The zero-order valence-corrected chi connectivity index (χ0v) is 8.90. The van der Waals surface area contributed by atoms with Gasteiger partial charge in [-0.3, -0.25) is 0 Å². The highest BCUT2D eigenvalue weighted by atomic mass is 15.3. The molecule has 0 spiro atoms. The van der Waals surface area contributed by atoms with Crippen molar-refractivity contribution in [3.8, 4) is 0 Å². The van der Waals surface area contributed by atoms with Crippen LogP contribution in [0.25, 0.3) is 0 Å². The van der Waals surface area contributed by atoms with Crippen molar-refractivity contribution in [2.24, 2.45) is 5.73 Å². The predicted octanol–water partition coefficient (Wildman–Crippen LogP) is 1.07. The van der Waals surface area contributed by atoms with Gasteiger partial charge < -0.3 is 10.3 Å². The van der Waals surface area contributed by atoms with Crippen LogP contribution in [-0.2, 0) is 12.0 Å². The molecule has 0 bridgehead atoms. The highest BCUT2D eigenvalue weighted by Gasteiger charge is 2.41. The van der Waals surface area contributed by atoms with Crippen molar-refractivity contribution in [2.75, 3.05) is 0 Å². The van der Waals surface area contributed by atoms with Gasteiger partial charge in [-0.05, 0) is 19.8 Å². The summed E-state index contributed by atoms with van der Waals surface area (Å²) in [6.07, 6.45) is 5.24. The molecule has 0 amide bonds. The van der Waals surface area contributed by atoms with Crippen LogP contribution in [0.15, 0.2) is 6.33 Å². The molecule has 1 aromatic rings. The Morgan fingerprint density at radius 1 is 1.71 bits per heavy atom. The maximum Gasteiger partial charge on any atom is 0.140 e. The zero-order chi connectivity index (χ0) is 10.2. The number of rotatable bonds is 2. The molecule has 2 N–H and O–H groups in total. The van der Waals surface area contributed by atoms with Gasteiger partial charge in [-0.1, -0.05) is 13.3 Å². The number of aromatic nitrogens is 3. The monoisotopic (exact) mass is 194 g/mol. The minimum absolute atomic E-state index is 0.0342. The average Bonchev–Trinajstić information content (AvgIpc) is 2.75. The van der Waals surface area contributed by atoms with Crippen molar-refractivity contribution in [2.45, 2.75) is 51.1 Å². The average molecular weight is 194 g/mol. The number of hydrogen-bond acceptors (Lipinski definition) is 3. The molecule has 78 valence electrons. The van der Waals surface area contributed by atoms with Gasteiger partial charge in [-0.25, -0.2) is 0 Å². The molecule has 1 aromatic heterocycles. The summed E-state index contributed by atoms with van der Waals surface area (Å²) in [7, 11) is 0. The lowest BCUT2D eigenvalue weighted by Crippen LogP contribution is -2.40. The van der Waals surface area contributed by atoms with Gasteiger partial charge in [-0.2, -0.15) is 0 Å². The standard InChI is InChI=1S/C10H18N4/c1-3-14-7-12-13-9(14)10(2)6-4-5-8(10)11/h7-8H,3-6,11H2,1-2H3. The van der Waals surface area contributed by atoms with Gasteiger partial charge in [0, 0.05) is 18.0 Å². The third kappa shape index (κ3) is 1.25. The van der Waals surface area contributed by atoms with Crippen LogP contribution < -0.4 is 5.73 Å². The molecule has 2 atom stereocenters. The second-order valence-corrected chi connectivity index (χ2v) is 4.36. The number of hydrogen-bond donors (Lipinski definition) is 1. The molecule has 1 fully saturated rings. The van der Waals surface area contributed by atoms with Crippen molar-refractivity contribution in [3.05, 3.63) is 12.2 Å². The Morgan fingerprint density at radius 2 is 2.50 bits per heavy atom. The Labute approximate surface area is 84.5 Å². The Bertz CT molecular complexity index is 320. The lowest BCUT2D eigenvalue weighted by molar-refractivity contribution is 0.386. The Morgan fingerprint density at radius 3 is 3.07 bits per heavy atom. The zero-order valence-electron chi connectivity index (χ0n) is 8.90. The normalized spacial score (nSPS) is 32.4. The fraction of sp³-hybridized carbons (Fsp3) is 0.800. The number of nitrogens with two attached hydrogens (primary N) is 1. The third-order valence-corrected chi connectivity index (χ3v) is 3.50. The minimum atomic E-state index is 0.0342. The summed E-state index contributed by atoms with van der Waals surface area (Å²) >= 11 is 0. The smallest absolute Gasteiger partial charge is 0.140 e. The van der Waals surface area contributed by atoms with E-state index in [2.05, 4.69) is 28.6 Å². The third-order valence-electron chi connectivity index (χ3n) is 3.50. The maximum atomic E-state index is 6.15. The quantitative estimate of drug-likeness (QED) is 0.766. The highest BCUT2D eigenvalue weighted by molar-refractivity contribution is 5.14. The van der Waals surface area contributed by atoms with E-state index in [-0.39, 0.29) is 11.5 Å². The van der Waals surface area contributed by atoms with Gasteiger partial charge in [0.2, 0.25) is 0 Å². The summed E-state index contributed by atoms with van der Waals surface area (Å²) in [6, 6.07) is 0.233. The van der Waals surface area contributed by atoms with E-state index >= 15 is 0 Å². The molecule has 1 heterocycles. The second kappa shape index (κ2) is 3.35. The first-order valence-corrected chi connectivity index (χ1v) is 5.32. The van der Waals surface area contributed by atoms with E-state index in [9.17, 15) is 0 Å². The molecule has 4 heteroatoms. The Kier molecular flexibility index (Phi) is 2.31. The fourth-order valence-corrected chi connectivity index (χ4v) is 2.40. The van der Waals surface area contributed by atoms with Gasteiger partial charge in [0.25, 0.3) is 0 Å². The first kappa shape index (κ1) is 9.65. The summed E-state index contributed by atoms with van der Waals surface area (Å²) in [6.45, 7) is 5.24. The topological polar surface area (TPSA) is 56.7 Å². The van der Waals surface area contributed by atoms with Crippen molar-refractivity contribution < 1.29 is 0 Å². The van der Waals surface area contributed by atoms with E-state index < -0.39 is 0 Å². The molecule has 4 nitrogen and oxygen atoms in total. The van der Waals surface area contributed by atoms with E-state index in [1.165, 1.54) is 6.42 Å². The second-order valence-electron chi connectivity index (χ2n) is 4.36. The van der Waals surface area contributed by atoms with Crippen LogP contribution in [0, 0.1) is 0 Å². The summed E-state index contributed by atoms with van der Waals surface area (Å²) < 4.78 is 2.10. The lowest BCUT2D eigenvalue weighted by atomic mass is 9.84. The van der Waals surface area contributed by atoms with Crippen molar-refractivity contribution >= 4 is 0 Å². The molecule has 1 saturated carbocycles. The molecule has 0 aromatic carbocycles. The maximum absolute atomic E-state index is 6.15. The van der Waals surface area contributed by atoms with Crippen LogP contribution in [0.4, 0.5) is 0 Å². The SMILES string of the molecule is CCn1cnnc1C1(C)CCCC1N. The Hall–Kier alpha value is -0.900. The lowest BCUT2D eigenvalue weighted by Gasteiger charge is -2.27. The summed E-state index contributed by atoms with van der Waals surface area (Å²) in [4.78, 5) is 0. The summed E-state index contributed by atoms with van der Waals surface area (Å²) in [5.41, 5.74) is 6.18. The largest absolute Gasteiger partial charge is 0.327 e. The first-order valence-electron chi connectivity index (χ1n) is 5.32. The molecule has 1 aliphatic rings. The number of aryl methyl sites for hydroxylation is 1. The van der Waals surface area contributed by atoms with E-state index in [1.807, 2.05) is 0 Å². The molecule has 2 rings (SSSR count). The van der Waals surface area contributed by atoms with Gasteiger partial charge >= 0.3 is 0 Å². The van der Waals surface area contributed by atoms with Crippen LogP contribution in [0.5, 0.6) is 0 Å². The number of nitrogens with zero attached hydrogens (tertiary/aromatic N) is 3. The first-order chi connectivity index (χ1) is 6.68. The van der Waals surface area contributed by atoms with Crippen LogP contribution in [-0.4, -0.2) is 20.8 Å². The van der Waals surface area contributed by atoms with Gasteiger partial charge in [0.15, 0.2) is 0 Å². The Balaban J connectivity index is 2.37. The van der Waals surface area contributed by atoms with Gasteiger partial charge in [0.05, 0.1) is 0 Å². The van der Waals surface area contributed by atoms with Crippen molar-refractivity contribution in [3.63, 3.8) is 0 Å². The summed E-state index contributed by atoms with van der Waals surface area (Å²) in [5, 5.41) is 8.20. The molecule has 14 heavy (non-hydrogen) atoms. The molecular weight excluding hydrogens is 176 g/mol. The van der Waals surface area contributed by atoms with Crippen LogP contribution >= 0.6 is 0 Å². The fourth-order valence-electron chi connectivity index (χ4n) is 2.40. The van der Waals surface area contributed by atoms with Crippen molar-refractivity contribution in [1.29, 1.82) is 0 Å². The van der Waals surface area contributed by atoms with Gasteiger partial charge in [0.1, 0.15) is 12.2 Å². The molecular formula is C10H18N4. The van der Waals surface area contributed by atoms with E-state index in [0.29, 0.717) is 0 Å². The summed E-state index contributed by atoms with van der Waals surface area (Å²) in [5.74, 6) is 1.06. The van der Waals surface area contributed by atoms with E-state index in [1.54, 1.807) is 6.33 Å². The van der Waals surface area contributed by atoms with E-state index in [0.717, 1.165) is 25.2 Å². The molecule has 0 saturated heterocycles. The predicted molar refractivity (Wildman–Crippen MR) is 54.9 cm³/mol. The van der Waals surface area contributed by atoms with Crippen molar-refractivity contribution in [1.82, 2.24) is 14.8 Å². The van der Waals surface area contributed by atoms with Crippen LogP contribution in [0.1, 0.15) is 38.9 Å². The molecule has 1 aliphatic carbocycles. The molecule has 0 aliphatic heterocycles. The van der Waals surface area contributed by atoms with Gasteiger partial charge in [-0.15, -0.1) is 10.2 Å². The van der Waals surface area contributed by atoms with E-state index in [4.69, 9.17) is 5.73 Å². The molecule has 0 radical (unpaired) electrons. The van der Waals surface area contributed by atoms with Crippen LogP contribution in [0.2, 0.25) is 0 Å². The molecule has 2 unspecified atom stereocenters. The minimum Gasteiger partial charge on any atom is -0.327 e. The van der Waals surface area contributed by atoms with Crippen LogP contribution in [0.3, 0.4) is 0 Å². The highest BCUT2D eigenvalue weighted by Crippen LogP contribution is 2.38.